The Morgan fingerprint density at radius 3 is 2.50 bits per heavy atom. The topological polar surface area (TPSA) is 20.2 Å². The minimum atomic E-state index is -0.102. The molecule has 0 spiro atoms. The molecular weight excluding hydrogens is 172 g/mol. The van der Waals surface area contributed by atoms with Crippen LogP contribution in [-0.2, 0) is 0 Å². The molecule has 0 aromatic carbocycles. The van der Waals surface area contributed by atoms with Gasteiger partial charge in [-0.3, -0.25) is 0 Å². The quantitative estimate of drug-likeness (QED) is 0.665. The Kier molecular flexibility index (Phi) is 5.24. The SMILES string of the molecule is CCC(CC)C(O)CC1=CCCCC1. The predicted octanol–water partition coefficient (Wildman–Crippen LogP) is 3.67. The third-order valence-electron chi connectivity index (χ3n) is 3.45. The normalized spacial score (nSPS) is 19.6. The van der Waals surface area contributed by atoms with Crippen molar-refractivity contribution in [3.05, 3.63) is 11.6 Å². The molecule has 1 rings (SSSR count). The van der Waals surface area contributed by atoms with E-state index in [4.69, 9.17) is 0 Å². The van der Waals surface area contributed by atoms with Gasteiger partial charge in [0.15, 0.2) is 0 Å². The van der Waals surface area contributed by atoms with Crippen molar-refractivity contribution in [2.24, 2.45) is 5.92 Å². The number of rotatable bonds is 5. The summed E-state index contributed by atoms with van der Waals surface area (Å²) in [5, 5.41) is 10.0. The predicted molar refractivity (Wildman–Crippen MR) is 61.2 cm³/mol. The van der Waals surface area contributed by atoms with E-state index in [-0.39, 0.29) is 6.10 Å². The van der Waals surface area contributed by atoms with Crippen molar-refractivity contribution in [2.75, 3.05) is 0 Å². The van der Waals surface area contributed by atoms with Gasteiger partial charge >= 0.3 is 0 Å². The standard InChI is InChI=1S/C13H24O/c1-3-12(4-2)13(14)10-11-8-6-5-7-9-11/h8,12-14H,3-7,9-10H2,1-2H3. The number of aliphatic hydroxyl groups is 1. The van der Waals surface area contributed by atoms with Crippen molar-refractivity contribution in [2.45, 2.75) is 64.9 Å². The third-order valence-corrected chi connectivity index (χ3v) is 3.45. The zero-order valence-corrected chi connectivity index (χ0v) is 9.63. The van der Waals surface area contributed by atoms with Crippen LogP contribution in [0.3, 0.4) is 0 Å². The molecule has 1 nitrogen and oxygen atoms in total. The van der Waals surface area contributed by atoms with Crippen molar-refractivity contribution in [3.8, 4) is 0 Å². The van der Waals surface area contributed by atoms with Gasteiger partial charge in [0, 0.05) is 0 Å². The molecule has 0 aromatic rings. The van der Waals surface area contributed by atoms with Crippen LogP contribution in [0.5, 0.6) is 0 Å². The molecule has 14 heavy (non-hydrogen) atoms. The van der Waals surface area contributed by atoms with Crippen molar-refractivity contribution in [1.29, 1.82) is 0 Å². The second-order valence-corrected chi connectivity index (χ2v) is 4.46. The van der Waals surface area contributed by atoms with Crippen molar-refractivity contribution < 1.29 is 5.11 Å². The Balaban J connectivity index is 2.38. The largest absolute Gasteiger partial charge is 0.393 e. The molecular formula is C13H24O. The molecule has 0 saturated carbocycles. The third kappa shape index (κ3) is 3.45. The van der Waals surface area contributed by atoms with E-state index in [0.29, 0.717) is 5.92 Å². The van der Waals surface area contributed by atoms with Crippen molar-refractivity contribution in [1.82, 2.24) is 0 Å². The van der Waals surface area contributed by atoms with Gasteiger partial charge in [0.25, 0.3) is 0 Å². The molecule has 1 aliphatic carbocycles. The average molecular weight is 196 g/mol. The first-order valence-corrected chi connectivity index (χ1v) is 6.13. The van der Waals surface area contributed by atoms with E-state index in [2.05, 4.69) is 19.9 Å². The zero-order valence-electron chi connectivity index (χ0n) is 9.63. The summed E-state index contributed by atoms with van der Waals surface area (Å²) >= 11 is 0. The first kappa shape index (κ1) is 11.8. The van der Waals surface area contributed by atoms with Gasteiger partial charge in [-0.2, -0.15) is 0 Å². The van der Waals surface area contributed by atoms with Crippen LogP contribution in [-0.4, -0.2) is 11.2 Å². The van der Waals surface area contributed by atoms with Crippen LogP contribution in [0.25, 0.3) is 0 Å². The Labute approximate surface area is 88.2 Å². The molecule has 0 saturated heterocycles. The van der Waals surface area contributed by atoms with E-state index < -0.39 is 0 Å². The second kappa shape index (κ2) is 6.23. The van der Waals surface area contributed by atoms with Crippen molar-refractivity contribution in [3.63, 3.8) is 0 Å². The molecule has 1 heteroatoms. The lowest BCUT2D eigenvalue weighted by Gasteiger charge is -2.22. The number of hydrogen-bond acceptors (Lipinski definition) is 1. The van der Waals surface area contributed by atoms with Crippen LogP contribution in [0, 0.1) is 5.92 Å². The number of allylic oxidation sites excluding steroid dienone is 1. The summed E-state index contributed by atoms with van der Waals surface area (Å²) in [6.07, 6.45) is 10.5. The molecule has 1 N–H and O–H groups in total. The minimum Gasteiger partial charge on any atom is -0.393 e. The summed E-state index contributed by atoms with van der Waals surface area (Å²) in [4.78, 5) is 0. The molecule has 1 aliphatic rings. The van der Waals surface area contributed by atoms with Crippen molar-refractivity contribution >= 4 is 0 Å². The Bertz CT molecular complexity index is 180. The van der Waals surface area contributed by atoms with Crippen LogP contribution >= 0.6 is 0 Å². The van der Waals surface area contributed by atoms with Crippen LogP contribution in [0.15, 0.2) is 11.6 Å². The summed E-state index contributed by atoms with van der Waals surface area (Å²) in [5.74, 6) is 0.498. The highest BCUT2D eigenvalue weighted by Gasteiger charge is 2.17. The summed E-state index contributed by atoms with van der Waals surface area (Å²) in [5.41, 5.74) is 1.50. The van der Waals surface area contributed by atoms with Crippen LogP contribution in [0.4, 0.5) is 0 Å². The second-order valence-electron chi connectivity index (χ2n) is 4.46. The highest BCUT2D eigenvalue weighted by Crippen LogP contribution is 2.25. The van der Waals surface area contributed by atoms with E-state index in [0.717, 1.165) is 19.3 Å². The summed E-state index contributed by atoms with van der Waals surface area (Å²) < 4.78 is 0. The first-order valence-electron chi connectivity index (χ1n) is 6.13. The van der Waals surface area contributed by atoms with Gasteiger partial charge in [-0.1, -0.05) is 38.3 Å². The Hall–Kier alpha value is -0.300. The van der Waals surface area contributed by atoms with Gasteiger partial charge in [-0.05, 0) is 38.0 Å². The molecule has 0 aromatic heterocycles. The lowest BCUT2D eigenvalue weighted by atomic mass is 9.88. The van der Waals surface area contributed by atoms with Crippen LogP contribution in [0.1, 0.15) is 58.8 Å². The highest BCUT2D eigenvalue weighted by molar-refractivity contribution is 5.06. The van der Waals surface area contributed by atoms with Gasteiger partial charge in [0.1, 0.15) is 0 Å². The molecule has 1 unspecified atom stereocenters. The van der Waals surface area contributed by atoms with E-state index in [9.17, 15) is 5.11 Å². The summed E-state index contributed by atoms with van der Waals surface area (Å²) in [6.45, 7) is 4.35. The smallest absolute Gasteiger partial charge is 0.0605 e. The number of aliphatic hydroxyl groups excluding tert-OH is 1. The lowest BCUT2D eigenvalue weighted by Crippen LogP contribution is -2.20. The maximum Gasteiger partial charge on any atom is 0.0605 e. The average Bonchev–Trinajstić information content (AvgIpc) is 2.21. The zero-order chi connectivity index (χ0) is 10.4. The summed E-state index contributed by atoms with van der Waals surface area (Å²) in [7, 11) is 0. The van der Waals surface area contributed by atoms with Crippen LogP contribution in [0.2, 0.25) is 0 Å². The van der Waals surface area contributed by atoms with E-state index in [1.54, 1.807) is 0 Å². The van der Waals surface area contributed by atoms with Gasteiger partial charge < -0.3 is 5.11 Å². The van der Waals surface area contributed by atoms with E-state index in [1.807, 2.05) is 0 Å². The maximum atomic E-state index is 10.0. The molecule has 0 bridgehead atoms. The van der Waals surface area contributed by atoms with E-state index in [1.165, 1.54) is 31.3 Å². The molecule has 0 amide bonds. The molecule has 0 radical (unpaired) electrons. The highest BCUT2D eigenvalue weighted by atomic mass is 16.3. The Morgan fingerprint density at radius 1 is 1.29 bits per heavy atom. The van der Waals surface area contributed by atoms with Crippen LogP contribution < -0.4 is 0 Å². The molecule has 0 heterocycles. The monoisotopic (exact) mass is 196 g/mol. The summed E-state index contributed by atoms with van der Waals surface area (Å²) in [6, 6.07) is 0. The molecule has 82 valence electrons. The lowest BCUT2D eigenvalue weighted by molar-refractivity contribution is 0.102. The molecule has 0 fully saturated rings. The fourth-order valence-corrected chi connectivity index (χ4v) is 2.36. The molecule has 0 aliphatic heterocycles. The maximum absolute atomic E-state index is 10.0. The Morgan fingerprint density at radius 2 is 2.00 bits per heavy atom. The number of hydrogen-bond donors (Lipinski definition) is 1. The van der Waals surface area contributed by atoms with Gasteiger partial charge in [0.05, 0.1) is 6.10 Å². The van der Waals surface area contributed by atoms with E-state index >= 15 is 0 Å². The first-order chi connectivity index (χ1) is 6.77. The van der Waals surface area contributed by atoms with Gasteiger partial charge in [-0.15, -0.1) is 0 Å². The minimum absolute atomic E-state index is 0.102. The fourth-order valence-electron chi connectivity index (χ4n) is 2.36. The fraction of sp³-hybridized carbons (Fsp3) is 0.846. The molecule has 1 atom stereocenters. The van der Waals surface area contributed by atoms with Gasteiger partial charge in [-0.25, -0.2) is 0 Å². The van der Waals surface area contributed by atoms with Gasteiger partial charge in [0.2, 0.25) is 0 Å².